The molecule has 1 aliphatic rings. The monoisotopic (exact) mass is 370 g/mol. The second-order valence-electron chi connectivity index (χ2n) is 10.6. The molecule has 26 heavy (non-hydrogen) atoms. The third-order valence-corrected chi connectivity index (χ3v) is 8.28. The minimum absolute atomic E-state index is 0.0544. The van der Waals surface area contributed by atoms with Crippen LogP contribution in [0.4, 0.5) is 0 Å². The van der Waals surface area contributed by atoms with Crippen molar-refractivity contribution in [2.75, 3.05) is 7.11 Å². The van der Waals surface area contributed by atoms with E-state index < -0.39 is 8.07 Å². The number of benzene rings is 1. The zero-order chi connectivity index (χ0) is 20.1. The van der Waals surface area contributed by atoms with Crippen molar-refractivity contribution in [1.29, 1.82) is 0 Å². The van der Waals surface area contributed by atoms with Crippen LogP contribution in [0.1, 0.15) is 58.2 Å². The Morgan fingerprint density at radius 1 is 0.923 bits per heavy atom. The van der Waals surface area contributed by atoms with Gasteiger partial charge in [0.2, 0.25) is 0 Å². The lowest BCUT2D eigenvalue weighted by molar-refractivity contribution is 0.384. The maximum atomic E-state index is 5.99. The summed E-state index contributed by atoms with van der Waals surface area (Å²) in [6, 6.07) is 4.60. The highest BCUT2D eigenvalue weighted by Crippen LogP contribution is 2.48. The lowest BCUT2D eigenvalue weighted by Crippen LogP contribution is -2.27. The van der Waals surface area contributed by atoms with Gasteiger partial charge in [0.1, 0.15) is 5.75 Å². The van der Waals surface area contributed by atoms with E-state index in [0.29, 0.717) is 5.54 Å². The normalized spacial score (nSPS) is 18.7. The van der Waals surface area contributed by atoms with Crippen molar-refractivity contribution in [3.63, 3.8) is 0 Å². The molecule has 0 amide bonds. The highest BCUT2D eigenvalue weighted by molar-refractivity contribution is 6.78. The molecule has 0 aliphatic heterocycles. The first-order valence-corrected chi connectivity index (χ1v) is 13.4. The molecule has 0 saturated carbocycles. The average Bonchev–Trinajstić information content (AvgIpc) is 2.88. The fourth-order valence-electron chi connectivity index (χ4n) is 4.19. The van der Waals surface area contributed by atoms with E-state index in [-0.39, 0.29) is 10.8 Å². The van der Waals surface area contributed by atoms with E-state index >= 15 is 0 Å². The molecule has 0 spiro atoms. The second-order valence-corrected chi connectivity index (χ2v) is 16.0. The van der Waals surface area contributed by atoms with Gasteiger partial charge >= 0.3 is 0 Å². The van der Waals surface area contributed by atoms with Gasteiger partial charge in [0, 0.05) is 16.5 Å². The molecule has 1 aliphatic carbocycles. The topological polar surface area (TPSA) is 9.23 Å². The first kappa shape index (κ1) is 21.0. The summed E-state index contributed by atoms with van der Waals surface area (Å²) in [4.78, 5) is 0. The fourth-order valence-corrected chi connectivity index (χ4v) is 6.31. The predicted molar refractivity (Wildman–Crippen MR) is 118 cm³/mol. The van der Waals surface area contributed by atoms with Crippen LogP contribution in [-0.4, -0.2) is 15.2 Å². The Labute approximate surface area is 162 Å². The summed E-state index contributed by atoms with van der Waals surface area (Å²) < 4.78 is 5.99. The molecule has 0 aromatic heterocycles. The van der Waals surface area contributed by atoms with E-state index in [1.165, 1.54) is 27.8 Å². The maximum absolute atomic E-state index is 5.99. The van der Waals surface area contributed by atoms with Crippen LogP contribution >= 0.6 is 0 Å². The van der Waals surface area contributed by atoms with E-state index in [4.69, 9.17) is 4.74 Å². The molecule has 2 heteroatoms. The van der Waals surface area contributed by atoms with Crippen LogP contribution in [0.15, 0.2) is 35.4 Å². The van der Waals surface area contributed by atoms with E-state index in [9.17, 15) is 0 Å². The lowest BCUT2D eigenvalue weighted by Gasteiger charge is -2.33. The Balaban J connectivity index is 2.66. The Kier molecular flexibility index (Phi) is 5.42. The molecule has 1 aromatic rings. The molecule has 0 radical (unpaired) electrons. The highest BCUT2D eigenvalue weighted by Gasteiger charge is 2.37. The quantitative estimate of drug-likeness (QED) is 0.510. The molecule has 0 bridgehead atoms. The lowest BCUT2D eigenvalue weighted by atomic mass is 9.74. The van der Waals surface area contributed by atoms with Crippen LogP contribution in [-0.2, 0) is 10.8 Å². The summed E-state index contributed by atoms with van der Waals surface area (Å²) in [6.07, 6.45) is 4.97. The van der Waals surface area contributed by atoms with Crippen molar-refractivity contribution in [2.24, 2.45) is 0 Å². The third-order valence-electron chi connectivity index (χ3n) is 5.79. The van der Waals surface area contributed by atoms with Gasteiger partial charge in [0.15, 0.2) is 0 Å². The molecule has 1 aromatic carbocycles. The summed E-state index contributed by atoms with van der Waals surface area (Å²) in [5.74, 6) is 1.05. The number of hydrogen-bond acceptors (Lipinski definition) is 1. The van der Waals surface area contributed by atoms with Crippen LogP contribution < -0.4 is 4.74 Å². The van der Waals surface area contributed by atoms with E-state index in [2.05, 4.69) is 92.4 Å². The molecular weight excluding hydrogens is 332 g/mol. The van der Waals surface area contributed by atoms with Gasteiger partial charge in [-0.2, -0.15) is 0 Å². The summed E-state index contributed by atoms with van der Waals surface area (Å²) in [7, 11) is 0.556. The van der Waals surface area contributed by atoms with Gasteiger partial charge in [-0.05, 0) is 30.4 Å². The molecule has 1 unspecified atom stereocenters. The van der Waals surface area contributed by atoms with Gasteiger partial charge in [-0.3, -0.25) is 0 Å². The molecule has 1 nitrogen and oxygen atoms in total. The van der Waals surface area contributed by atoms with Crippen LogP contribution in [0.3, 0.4) is 0 Å². The molecule has 0 N–H and O–H groups in total. The summed E-state index contributed by atoms with van der Waals surface area (Å²) in [5.41, 5.74) is 7.47. The van der Waals surface area contributed by atoms with Crippen molar-refractivity contribution in [2.45, 2.75) is 84.5 Å². The van der Waals surface area contributed by atoms with Gasteiger partial charge in [-0.25, -0.2) is 0 Å². The zero-order valence-corrected chi connectivity index (χ0v) is 19.8. The molecular formula is C24H38OSi. The first-order chi connectivity index (χ1) is 11.7. The van der Waals surface area contributed by atoms with Crippen molar-refractivity contribution >= 4 is 8.07 Å². The summed E-state index contributed by atoms with van der Waals surface area (Å²) in [6.45, 7) is 23.4. The predicted octanol–water partition coefficient (Wildman–Crippen LogP) is 7.17. The zero-order valence-electron chi connectivity index (χ0n) is 18.8. The number of rotatable bonds is 4. The number of methoxy groups -OCH3 is 1. The minimum Gasteiger partial charge on any atom is -0.496 e. The van der Waals surface area contributed by atoms with Crippen LogP contribution in [0.2, 0.25) is 25.2 Å². The number of hydrogen-bond donors (Lipinski definition) is 0. The van der Waals surface area contributed by atoms with Crippen LogP contribution in [0.25, 0.3) is 0 Å². The number of aryl methyl sites for hydroxylation is 1. The van der Waals surface area contributed by atoms with Crippen molar-refractivity contribution in [3.8, 4) is 5.75 Å². The molecule has 0 saturated heterocycles. The summed E-state index contributed by atoms with van der Waals surface area (Å²) in [5, 5.41) is 0. The second kappa shape index (κ2) is 6.71. The molecule has 2 rings (SSSR count). The SMILES string of the molecule is COc1c(C(C)(C)C)cc(C)cc1C(C)(C)C1=CC([Si](C)(C)C)C(C)=C1. The Morgan fingerprint density at radius 2 is 1.46 bits per heavy atom. The molecule has 0 heterocycles. The van der Waals surface area contributed by atoms with Gasteiger partial charge in [0.25, 0.3) is 0 Å². The minimum atomic E-state index is -1.26. The first-order valence-electron chi connectivity index (χ1n) is 9.79. The number of allylic oxidation sites excluding steroid dienone is 4. The van der Waals surface area contributed by atoms with Gasteiger partial charge in [0.05, 0.1) is 15.2 Å². The van der Waals surface area contributed by atoms with Crippen LogP contribution in [0, 0.1) is 6.92 Å². The van der Waals surface area contributed by atoms with Crippen molar-refractivity contribution in [1.82, 2.24) is 0 Å². The average molecular weight is 371 g/mol. The van der Waals surface area contributed by atoms with Crippen molar-refractivity contribution < 1.29 is 4.74 Å². The molecule has 0 fully saturated rings. The highest BCUT2D eigenvalue weighted by atomic mass is 28.3. The summed E-state index contributed by atoms with van der Waals surface area (Å²) >= 11 is 0. The van der Waals surface area contributed by atoms with E-state index in [1.54, 1.807) is 0 Å². The Hall–Kier alpha value is -1.28. The standard InChI is InChI=1S/C24H38OSi/c1-16-12-19(23(3,4)5)22(25-8)20(13-16)24(6,7)18-14-17(2)21(15-18)26(9,10)11/h12-15,21H,1-11H3. The van der Waals surface area contributed by atoms with Crippen LogP contribution in [0.5, 0.6) is 5.75 Å². The third kappa shape index (κ3) is 3.86. The largest absolute Gasteiger partial charge is 0.496 e. The molecule has 1 atom stereocenters. The Bertz CT molecular complexity index is 752. The maximum Gasteiger partial charge on any atom is 0.126 e. The van der Waals surface area contributed by atoms with Crippen molar-refractivity contribution in [3.05, 3.63) is 52.1 Å². The van der Waals surface area contributed by atoms with Gasteiger partial charge in [-0.1, -0.05) is 89.7 Å². The Morgan fingerprint density at radius 3 is 1.88 bits per heavy atom. The van der Waals surface area contributed by atoms with Gasteiger partial charge < -0.3 is 4.74 Å². The van der Waals surface area contributed by atoms with Gasteiger partial charge in [-0.15, -0.1) is 0 Å². The smallest absolute Gasteiger partial charge is 0.126 e. The molecule has 144 valence electrons. The fraction of sp³-hybridized carbons (Fsp3) is 0.583. The van der Waals surface area contributed by atoms with E-state index in [1.807, 2.05) is 7.11 Å². The number of ether oxygens (including phenoxy) is 1. The van der Waals surface area contributed by atoms with E-state index in [0.717, 1.165) is 5.75 Å².